The van der Waals surface area contributed by atoms with E-state index in [-0.39, 0.29) is 11.9 Å². The molecule has 0 radical (unpaired) electrons. The van der Waals surface area contributed by atoms with Crippen LogP contribution in [0.25, 0.3) is 10.1 Å². The van der Waals surface area contributed by atoms with Crippen molar-refractivity contribution < 1.29 is 4.39 Å². The van der Waals surface area contributed by atoms with E-state index in [1.807, 2.05) is 25.1 Å². The van der Waals surface area contributed by atoms with Crippen molar-refractivity contribution >= 4 is 21.4 Å². The molecule has 0 spiro atoms. The molecule has 102 valence electrons. The predicted molar refractivity (Wildman–Crippen MR) is 82.1 cm³/mol. The molecule has 0 saturated heterocycles. The number of nitrogens with two attached hydrogens (primary N) is 1. The van der Waals surface area contributed by atoms with Gasteiger partial charge < -0.3 is 0 Å². The molecule has 0 aliphatic carbocycles. The summed E-state index contributed by atoms with van der Waals surface area (Å²) in [7, 11) is 0. The molecule has 1 aromatic heterocycles. The van der Waals surface area contributed by atoms with Crippen LogP contribution < -0.4 is 11.3 Å². The molecule has 2 aromatic carbocycles. The normalized spacial score (nSPS) is 12.8. The molecule has 1 atom stereocenters. The first-order valence-electron chi connectivity index (χ1n) is 6.38. The Balaban J connectivity index is 2.14. The maximum atomic E-state index is 13.6. The molecule has 0 bridgehead atoms. The largest absolute Gasteiger partial charge is 0.271 e. The number of hydrogen-bond acceptors (Lipinski definition) is 3. The first-order chi connectivity index (χ1) is 9.69. The van der Waals surface area contributed by atoms with Crippen LogP contribution in [0.2, 0.25) is 0 Å². The van der Waals surface area contributed by atoms with Gasteiger partial charge in [-0.3, -0.25) is 5.84 Å². The van der Waals surface area contributed by atoms with Gasteiger partial charge in [0.25, 0.3) is 0 Å². The summed E-state index contributed by atoms with van der Waals surface area (Å²) in [4.78, 5) is 0. The molecule has 3 N–H and O–H groups in total. The topological polar surface area (TPSA) is 38.0 Å². The van der Waals surface area contributed by atoms with Crippen LogP contribution >= 0.6 is 11.3 Å². The van der Waals surface area contributed by atoms with E-state index in [1.165, 1.54) is 16.8 Å². The molecule has 3 rings (SSSR count). The summed E-state index contributed by atoms with van der Waals surface area (Å²) < 4.78 is 14.8. The van der Waals surface area contributed by atoms with Crippen molar-refractivity contribution in [2.24, 2.45) is 5.84 Å². The van der Waals surface area contributed by atoms with Crippen LogP contribution in [0.1, 0.15) is 22.7 Å². The molecule has 0 fully saturated rings. The summed E-state index contributed by atoms with van der Waals surface area (Å²) in [5.74, 6) is 5.48. The Morgan fingerprint density at radius 2 is 2.00 bits per heavy atom. The molecule has 0 aliphatic heterocycles. The number of thiophene rings is 1. The van der Waals surface area contributed by atoms with E-state index in [0.717, 1.165) is 22.1 Å². The fourth-order valence-corrected chi connectivity index (χ4v) is 3.51. The van der Waals surface area contributed by atoms with Crippen molar-refractivity contribution in [3.8, 4) is 0 Å². The summed E-state index contributed by atoms with van der Waals surface area (Å²) in [6.45, 7) is 1.88. The maximum absolute atomic E-state index is 13.6. The van der Waals surface area contributed by atoms with Crippen LogP contribution in [-0.4, -0.2) is 0 Å². The molecule has 1 unspecified atom stereocenters. The zero-order valence-corrected chi connectivity index (χ0v) is 11.9. The van der Waals surface area contributed by atoms with Gasteiger partial charge in [0.05, 0.1) is 6.04 Å². The second kappa shape index (κ2) is 5.32. The van der Waals surface area contributed by atoms with Crippen LogP contribution in [0, 0.1) is 12.7 Å². The van der Waals surface area contributed by atoms with Crippen molar-refractivity contribution in [1.29, 1.82) is 0 Å². The van der Waals surface area contributed by atoms with E-state index in [9.17, 15) is 4.39 Å². The van der Waals surface area contributed by atoms with Gasteiger partial charge in [-0.2, -0.15) is 0 Å². The van der Waals surface area contributed by atoms with E-state index in [0.29, 0.717) is 0 Å². The lowest BCUT2D eigenvalue weighted by atomic mass is 9.97. The van der Waals surface area contributed by atoms with Gasteiger partial charge in [-0.05, 0) is 52.6 Å². The van der Waals surface area contributed by atoms with Gasteiger partial charge in [-0.15, -0.1) is 11.3 Å². The monoisotopic (exact) mass is 286 g/mol. The second-order valence-corrected chi connectivity index (χ2v) is 5.76. The van der Waals surface area contributed by atoms with Crippen LogP contribution in [0.5, 0.6) is 0 Å². The number of fused-ring (bicyclic) bond motifs is 1. The molecule has 0 amide bonds. The molecule has 0 aliphatic rings. The fourth-order valence-electron chi connectivity index (χ4n) is 2.52. The average Bonchev–Trinajstić information content (AvgIpc) is 2.83. The molecule has 20 heavy (non-hydrogen) atoms. The van der Waals surface area contributed by atoms with Gasteiger partial charge in [-0.25, -0.2) is 9.82 Å². The molecular weight excluding hydrogens is 271 g/mol. The summed E-state index contributed by atoms with van der Waals surface area (Å²) in [5, 5.41) is 3.23. The van der Waals surface area contributed by atoms with Crippen LogP contribution in [0.15, 0.2) is 47.8 Å². The lowest BCUT2D eigenvalue weighted by molar-refractivity contribution is 0.606. The highest BCUT2D eigenvalue weighted by Gasteiger charge is 2.17. The van der Waals surface area contributed by atoms with E-state index < -0.39 is 0 Å². The van der Waals surface area contributed by atoms with Crippen LogP contribution in [0.3, 0.4) is 0 Å². The fraction of sp³-hybridized carbons (Fsp3) is 0.125. The lowest BCUT2D eigenvalue weighted by Gasteiger charge is -2.17. The highest BCUT2D eigenvalue weighted by molar-refractivity contribution is 7.17. The van der Waals surface area contributed by atoms with Crippen molar-refractivity contribution in [2.75, 3.05) is 0 Å². The quantitative estimate of drug-likeness (QED) is 0.566. The van der Waals surface area contributed by atoms with E-state index >= 15 is 0 Å². The second-order valence-electron chi connectivity index (χ2n) is 4.85. The molecule has 3 aromatic rings. The smallest absolute Gasteiger partial charge is 0.123 e. The van der Waals surface area contributed by atoms with Crippen LogP contribution in [0.4, 0.5) is 4.39 Å². The summed E-state index contributed by atoms with van der Waals surface area (Å²) in [5.41, 5.74) is 5.62. The first-order valence-corrected chi connectivity index (χ1v) is 7.26. The Labute approximate surface area is 121 Å². The summed E-state index contributed by atoms with van der Waals surface area (Å²) >= 11 is 1.67. The molecule has 4 heteroatoms. The number of hydrazine groups is 1. The van der Waals surface area contributed by atoms with Gasteiger partial charge in [-0.1, -0.05) is 24.3 Å². The minimum Gasteiger partial charge on any atom is -0.271 e. The minimum atomic E-state index is -0.236. The third-order valence-electron chi connectivity index (χ3n) is 3.39. The molecular formula is C16H15FN2S. The Kier molecular flexibility index (Phi) is 3.53. The maximum Gasteiger partial charge on any atom is 0.123 e. The van der Waals surface area contributed by atoms with E-state index in [1.54, 1.807) is 11.3 Å². The van der Waals surface area contributed by atoms with Crippen molar-refractivity contribution in [3.05, 3.63) is 70.4 Å². The average molecular weight is 286 g/mol. The Morgan fingerprint density at radius 1 is 1.20 bits per heavy atom. The standard InChI is InChI=1S/C16H15FN2S/c1-10-6-11(8-12(17)7-10)16(19-18)14-9-20-15-5-3-2-4-13(14)15/h2-9,16,19H,18H2,1H3. The number of nitrogens with one attached hydrogen (secondary N) is 1. The summed E-state index contributed by atoms with van der Waals surface area (Å²) in [6, 6.07) is 13.0. The minimum absolute atomic E-state index is 0.208. The summed E-state index contributed by atoms with van der Waals surface area (Å²) in [6.07, 6.45) is 0. The van der Waals surface area contributed by atoms with E-state index in [4.69, 9.17) is 5.84 Å². The van der Waals surface area contributed by atoms with Gasteiger partial charge in [0.2, 0.25) is 0 Å². The molecule has 0 saturated carbocycles. The number of hydrogen-bond donors (Lipinski definition) is 2. The highest BCUT2D eigenvalue weighted by atomic mass is 32.1. The van der Waals surface area contributed by atoms with Gasteiger partial charge in [0.1, 0.15) is 5.82 Å². The van der Waals surface area contributed by atoms with E-state index in [2.05, 4.69) is 22.9 Å². The Hall–Kier alpha value is -1.75. The Morgan fingerprint density at radius 3 is 2.75 bits per heavy atom. The predicted octanol–water partition coefficient (Wildman–Crippen LogP) is 3.90. The van der Waals surface area contributed by atoms with Gasteiger partial charge in [0.15, 0.2) is 0 Å². The number of benzene rings is 2. The third kappa shape index (κ3) is 2.33. The van der Waals surface area contributed by atoms with Crippen molar-refractivity contribution in [3.63, 3.8) is 0 Å². The number of rotatable bonds is 3. The van der Waals surface area contributed by atoms with Gasteiger partial charge >= 0.3 is 0 Å². The Bertz CT molecular complexity index is 731. The van der Waals surface area contributed by atoms with Crippen LogP contribution in [-0.2, 0) is 0 Å². The number of halogens is 1. The van der Waals surface area contributed by atoms with Crippen molar-refractivity contribution in [2.45, 2.75) is 13.0 Å². The molecule has 2 nitrogen and oxygen atoms in total. The van der Waals surface area contributed by atoms with Crippen molar-refractivity contribution in [1.82, 2.24) is 5.43 Å². The highest BCUT2D eigenvalue weighted by Crippen LogP contribution is 2.33. The SMILES string of the molecule is Cc1cc(F)cc(C(NN)c2csc3ccccc23)c1. The lowest BCUT2D eigenvalue weighted by Crippen LogP contribution is -2.28. The zero-order valence-electron chi connectivity index (χ0n) is 11.1. The van der Waals surface area contributed by atoms with Gasteiger partial charge in [0, 0.05) is 4.70 Å². The number of aryl methyl sites for hydroxylation is 1. The third-order valence-corrected chi connectivity index (χ3v) is 4.37. The molecule has 1 heterocycles. The zero-order chi connectivity index (χ0) is 14.1. The first kappa shape index (κ1) is 13.2.